The van der Waals surface area contributed by atoms with Gasteiger partial charge in [-0.3, -0.25) is 14.6 Å². The molecule has 0 fully saturated rings. The van der Waals surface area contributed by atoms with Crippen LogP contribution in [0.5, 0.6) is 0 Å². The van der Waals surface area contributed by atoms with Crippen LogP contribution >= 0.6 is 0 Å². The summed E-state index contributed by atoms with van der Waals surface area (Å²) in [7, 11) is 0. The highest BCUT2D eigenvalue weighted by Gasteiger charge is 2.23. The van der Waals surface area contributed by atoms with E-state index < -0.39 is 11.9 Å². The zero-order chi connectivity index (χ0) is 16.4. The molecule has 0 saturated heterocycles. The minimum absolute atomic E-state index is 0.101. The molecule has 0 spiro atoms. The number of carbonyl (C=O) groups is 2. The van der Waals surface area contributed by atoms with E-state index in [4.69, 9.17) is 5.84 Å². The fourth-order valence-electron chi connectivity index (χ4n) is 2.31. The number of aliphatic carboxylic acids is 1. The number of hydrogen-bond acceptors (Lipinski definition) is 3. The highest BCUT2D eigenvalue weighted by molar-refractivity contribution is 5.77. The van der Waals surface area contributed by atoms with E-state index >= 15 is 0 Å². The first kappa shape index (κ1) is 19.9. The van der Waals surface area contributed by atoms with Gasteiger partial charge in [0.15, 0.2) is 0 Å². The minimum atomic E-state index is -0.870. The smallest absolute Gasteiger partial charge is 0.308 e. The Balaban J connectivity index is 4.36. The van der Waals surface area contributed by atoms with Gasteiger partial charge >= 0.3 is 5.97 Å². The summed E-state index contributed by atoms with van der Waals surface area (Å²) in [5.74, 6) is 4.92. The van der Waals surface area contributed by atoms with E-state index in [2.05, 4.69) is 13.8 Å². The molecule has 0 radical (unpaired) electrons. The second kappa shape index (κ2) is 10.6. The van der Waals surface area contributed by atoms with Gasteiger partial charge in [0.25, 0.3) is 0 Å². The van der Waals surface area contributed by atoms with Gasteiger partial charge in [0, 0.05) is 6.42 Å². The first-order chi connectivity index (χ1) is 9.81. The average molecular weight is 300 g/mol. The molecule has 0 aromatic heterocycles. The van der Waals surface area contributed by atoms with Gasteiger partial charge in [-0.1, -0.05) is 47.0 Å². The van der Waals surface area contributed by atoms with Crippen LogP contribution in [0.3, 0.4) is 0 Å². The third-order valence-corrected chi connectivity index (χ3v) is 4.10. The molecule has 0 bridgehead atoms. The van der Waals surface area contributed by atoms with Crippen LogP contribution < -0.4 is 5.84 Å². The number of amides is 1. The van der Waals surface area contributed by atoms with Crippen LogP contribution in [0.25, 0.3) is 0 Å². The number of nitrogens with zero attached hydrogens (tertiary/aromatic N) is 1. The van der Waals surface area contributed by atoms with Crippen LogP contribution in [-0.2, 0) is 9.59 Å². The summed E-state index contributed by atoms with van der Waals surface area (Å²) >= 11 is 0. The Bertz CT molecular complexity index is 321. The van der Waals surface area contributed by atoms with Crippen molar-refractivity contribution >= 4 is 11.9 Å². The zero-order valence-electron chi connectivity index (χ0n) is 14.0. The van der Waals surface area contributed by atoms with Crippen molar-refractivity contribution in [1.82, 2.24) is 5.01 Å². The van der Waals surface area contributed by atoms with Gasteiger partial charge in [0.1, 0.15) is 0 Å². The standard InChI is InChI=1S/C16H32N2O3/c1-5-7-13(4)8-9-14(16(20)21)11-18(17)15(19)10-12(3)6-2/h12-14H,5-11,17H2,1-4H3,(H,20,21). The predicted octanol–water partition coefficient (Wildman–Crippen LogP) is 3.04. The van der Waals surface area contributed by atoms with Crippen molar-refractivity contribution in [3.63, 3.8) is 0 Å². The highest BCUT2D eigenvalue weighted by atomic mass is 16.4. The van der Waals surface area contributed by atoms with Gasteiger partial charge < -0.3 is 5.11 Å². The van der Waals surface area contributed by atoms with Crippen molar-refractivity contribution in [2.24, 2.45) is 23.6 Å². The Morgan fingerprint density at radius 2 is 1.71 bits per heavy atom. The summed E-state index contributed by atoms with van der Waals surface area (Å²) in [6.45, 7) is 8.38. The molecule has 0 aromatic carbocycles. The molecule has 124 valence electrons. The molecule has 3 unspecified atom stereocenters. The molecule has 3 N–H and O–H groups in total. The Morgan fingerprint density at radius 3 is 2.19 bits per heavy atom. The maximum absolute atomic E-state index is 11.9. The third-order valence-electron chi connectivity index (χ3n) is 4.10. The lowest BCUT2D eigenvalue weighted by Gasteiger charge is -2.23. The quantitative estimate of drug-likeness (QED) is 0.349. The second-order valence-corrected chi connectivity index (χ2v) is 6.27. The van der Waals surface area contributed by atoms with E-state index in [1.165, 1.54) is 0 Å². The maximum atomic E-state index is 11.9. The lowest BCUT2D eigenvalue weighted by Crippen LogP contribution is -2.43. The van der Waals surface area contributed by atoms with Gasteiger partial charge in [0.05, 0.1) is 12.5 Å². The average Bonchev–Trinajstić information content (AvgIpc) is 2.42. The molecule has 0 aromatic rings. The number of carboxylic acids is 1. The van der Waals surface area contributed by atoms with Crippen LogP contribution in [0.2, 0.25) is 0 Å². The topological polar surface area (TPSA) is 83.6 Å². The minimum Gasteiger partial charge on any atom is -0.481 e. The zero-order valence-corrected chi connectivity index (χ0v) is 14.0. The second-order valence-electron chi connectivity index (χ2n) is 6.27. The summed E-state index contributed by atoms with van der Waals surface area (Å²) in [6, 6.07) is 0. The first-order valence-corrected chi connectivity index (χ1v) is 8.09. The number of carboxylic acid groups (broad SMARTS) is 1. The third kappa shape index (κ3) is 8.71. The van der Waals surface area contributed by atoms with Crippen molar-refractivity contribution < 1.29 is 14.7 Å². The molecule has 3 atom stereocenters. The predicted molar refractivity (Wildman–Crippen MR) is 84.4 cm³/mol. The lowest BCUT2D eigenvalue weighted by atomic mass is 9.93. The van der Waals surface area contributed by atoms with Crippen molar-refractivity contribution in [2.45, 2.75) is 66.2 Å². The molecular weight excluding hydrogens is 268 g/mol. The number of carbonyl (C=O) groups excluding carboxylic acids is 1. The van der Waals surface area contributed by atoms with Crippen molar-refractivity contribution in [1.29, 1.82) is 0 Å². The van der Waals surface area contributed by atoms with E-state index in [9.17, 15) is 14.7 Å². The van der Waals surface area contributed by atoms with Crippen molar-refractivity contribution in [3.05, 3.63) is 0 Å². The molecule has 0 aliphatic carbocycles. The number of nitrogens with two attached hydrogens (primary N) is 1. The van der Waals surface area contributed by atoms with Crippen LogP contribution in [0.4, 0.5) is 0 Å². The summed E-state index contributed by atoms with van der Waals surface area (Å²) in [5.41, 5.74) is 0. The molecular formula is C16H32N2O3. The Morgan fingerprint density at radius 1 is 1.10 bits per heavy atom. The molecule has 0 heterocycles. The van der Waals surface area contributed by atoms with E-state index in [0.717, 1.165) is 30.7 Å². The summed E-state index contributed by atoms with van der Waals surface area (Å²) in [4.78, 5) is 23.2. The Kier molecular flexibility index (Phi) is 10.0. The molecule has 0 aliphatic rings. The number of rotatable bonds is 11. The van der Waals surface area contributed by atoms with Gasteiger partial charge in [-0.05, 0) is 24.7 Å². The number of hydrogen-bond donors (Lipinski definition) is 2. The summed E-state index contributed by atoms with van der Waals surface area (Å²) in [6.07, 6.45) is 4.93. The van der Waals surface area contributed by atoms with Crippen LogP contribution in [0.1, 0.15) is 66.2 Å². The van der Waals surface area contributed by atoms with Crippen LogP contribution in [0, 0.1) is 17.8 Å². The van der Waals surface area contributed by atoms with Gasteiger partial charge in [-0.25, -0.2) is 5.84 Å². The van der Waals surface area contributed by atoms with E-state index in [0.29, 0.717) is 18.8 Å². The van der Waals surface area contributed by atoms with Crippen LogP contribution in [0.15, 0.2) is 0 Å². The molecule has 0 saturated carbocycles. The summed E-state index contributed by atoms with van der Waals surface area (Å²) < 4.78 is 0. The molecule has 0 aliphatic heterocycles. The highest BCUT2D eigenvalue weighted by Crippen LogP contribution is 2.18. The molecule has 1 amide bonds. The number of hydrazine groups is 1. The molecule has 5 nitrogen and oxygen atoms in total. The molecule has 0 rings (SSSR count). The fourth-order valence-corrected chi connectivity index (χ4v) is 2.31. The maximum Gasteiger partial charge on any atom is 0.308 e. The van der Waals surface area contributed by atoms with Gasteiger partial charge in [-0.15, -0.1) is 0 Å². The lowest BCUT2D eigenvalue weighted by molar-refractivity contribution is -0.144. The Hall–Kier alpha value is -1.10. The van der Waals surface area contributed by atoms with Crippen molar-refractivity contribution in [3.8, 4) is 0 Å². The Labute approximate surface area is 128 Å². The van der Waals surface area contributed by atoms with E-state index in [1.807, 2.05) is 13.8 Å². The van der Waals surface area contributed by atoms with Crippen LogP contribution in [-0.4, -0.2) is 28.5 Å². The first-order valence-electron chi connectivity index (χ1n) is 8.09. The largest absolute Gasteiger partial charge is 0.481 e. The van der Waals surface area contributed by atoms with E-state index in [-0.39, 0.29) is 18.4 Å². The molecule has 5 heteroatoms. The van der Waals surface area contributed by atoms with Gasteiger partial charge in [-0.2, -0.15) is 0 Å². The summed E-state index contributed by atoms with van der Waals surface area (Å²) in [5, 5.41) is 10.4. The van der Waals surface area contributed by atoms with Crippen molar-refractivity contribution in [2.75, 3.05) is 6.54 Å². The molecule has 21 heavy (non-hydrogen) atoms. The van der Waals surface area contributed by atoms with E-state index in [1.54, 1.807) is 0 Å². The SMILES string of the molecule is CCCC(C)CCC(CN(N)C(=O)CC(C)CC)C(=O)O. The monoisotopic (exact) mass is 300 g/mol. The van der Waals surface area contributed by atoms with Gasteiger partial charge in [0.2, 0.25) is 5.91 Å². The normalized spacial score (nSPS) is 15.3. The fraction of sp³-hybridized carbons (Fsp3) is 0.875.